The van der Waals surface area contributed by atoms with Crippen molar-refractivity contribution in [3.63, 3.8) is 0 Å². The number of nitrogens with zero attached hydrogens (tertiary/aromatic N) is 1. The van der Waals surface area contributed by atoms with Crippen LogP contribution in [0.1, 0.15) is 29.6 Å². The molecule has 2 aliphatic rings. The van der Waals surface area contributed by atoms with E-state index in [2.05, 4.69) is 4.98 Å². The molecule has 1 fully saturated rings. The summed E-state index contributed by atoms with van der Waals surface area (Å²) >= 11 is 0. The first-order valence-corrected chi connectivity index (χ1v) is 11.0. The van der Waals surface area contributed by atoms with Crippen LogP contribution in [0.2, 0.25) is 0 Å². The number of hydrogen-bond acceptors (Lipinski definition) is 6. The van der Waals surface area contributed by atoms with Crippen LogP contribution < -0.4 is 4.74 Å². The van der Waals surface area contributed by atoms with Gasteiger partial charge in [0.2, 0.25) is 11.5 Å². The minimum absolute atomic E-state index is 0.0737. The fraction of sp³-hybridized carbons (Fsp3) is 0.222. The highest BCUT2D eigenvalue weighted by Gasteiger charge is 2.42. The van der Waals surface area contributed by atoms with Crippen molar-refractivity contribution in [1.29, 1.82) is 0 Å². The van der Waals surface area contributed by atoms with Gasteiger partial charge in [0, 0.05) is 18.8 Å². The molecule has 2 heterocycles. The lowest BCUT2D eigenvalue weighted by Crippen LogP contribution is -2.43. The number of aromatic nitrogens is 1. The first-order chi connectivity index (χ1) is 16.2. The molecule has 0 bridgehead atoms. The quantitative estimate of drug-likeness (QED) is 0.521. The van der Waals surface area contributed by atoms with E-state index in [0.717, 1.165) is 11.1 Å². The lowest BCUT2D eigenvalue weighted by molar-refractivity contribution is -0.132. The number of pyridine rings is 1. The Morgan fingerprint density at radius 1 is 0.939 bits per heavy atom. The Bertz CT molecular complexity index is 1160. The van der Waals surface area contributed by atoms with Crippen molar-refractivity contribution in [3.8, 4) is 16.9 Å². The zero-order valence-electron chi connectivity index (χ0n) is 17.9. The number of ether oxygens (including phenoxy) is 3. The molecule has 6 heteroatoms. The smallest absolute Gasteiger partial charge is 0.339 e. The predicted octanol–water partition coefficient (Wildman–Crippen LogP) is 4.96. The van der Waals surface area contributed by atoms with Crippen molar-refractivity contribution in [2.75, 3.05) is 0 Å². The number of ketones is 1. The molecule has 1 aliphatic heterocycles. The van der Waals surface area contributed by atoms with Gasteiger partial charge in [-0.2, -0.15) is 0 Å². The van der Waals surface area contributed by atoms with E-state index >= 15 is 0 Å². The average molecular weight is 441 g/mol. The Hall–Kier alpha value is -3.93. The summed E-state index contributed by atoms with van der Waals surface area (Å²) in [7, 11) is 0. The van der Waals surface area contributed by atoms with Crippen molar-refractivity contribution in [2.24, 2.45) is 5.92 Å². The van der Waals surface area contributed by atoms with E-state index in [0.29, 0.717) is 30.6 Å². The van der Waals surface area contributed by atoms with E-state index in [9.17, 15) is 9.59 Å². The van der Waals surface area contributed by atoms with Crippen molar-refractivity contribution in [3.05, 3.63) is 96.7 Å². The molecule has 0 N–H and O–H groups in total. The summed E-state index contributed by atoms with van der Waals surface area (Å²) < 4.78 is 17.3. The highest BCUT2D eigenvalue weighted by atomic mass is 16.6. The molecule has 166 valence electrons. The molecular weight excluding hydrogens is 418 g/mol. The van der Waals surface area contributed by atoms with Crippen LogP contribution in [0, 0.1) is 5.92 Å². The molecule has 3 atom stereocenters. The summed E-state index contributed by atoms with van der Waals surface area (Å²) in [6.07, 6.45) is 5.49. The number of hydrogen-bond donors (Lipinski definition) is 0. The Balaban J connectivity index is 1.21. The number of carbonyl (C=O) groups is 2. The fourth-order valence-corrected chi connectivity index (χ4v) is 4.29. The Morgan fingerprint density at radius 3 is 2.48 bits per heavy atom. The number of fused-ring (bicyclic) bond motifs is 1. The molecule has 0 saturated heterocycles. The third-order valence-electron chi connectivity index (χ3n) is 6.03. The molecule has 0 amide bonds. The molecule has 1 saturated carbocycles. The summed E-state index contributed by atoms with van der Waals surface area (Å²) in [5, 5.41) is 0. The second-order valence-electron chi connectivity index (χ2n) is 8.20. The molecule has 6 nitrogen and oxygen atoms in total. The van der Waals surface area contributed by atoms with Gasteiger partial charge in [-0.3, -0.25) is 9.78 Å². The summed E-state index contributed by atoms with van der Waals surface area (Å²) in [4.78, 5) is 29.3. The monoisotopic (exact) mass is 441 g/mol. The van der Waals surface area contributed by atoms with Gasteiger partial charge >= 0.3 is 5.97 Å². The van der Waals surface area contributed by atoms with Gasteiger partial charge < -0.3 is 14.2 Å². The van der Waals surface area contributed by atoms with Crippen molar-refractivity contribution >= 4 is 11.8 Å². The van der Waals surface area contributed by atoms with Crippen LogP contribution in [0.15, 0.2) is 91.1 Å². The van der Waals surface area contributed by atoms with Gasteiger partial charge in [0.05, 0.1) is 11.5 Å². The maximum atomic E-state index is 13.0. The van der Waals surface area contributed by atoms with E-state index in [4.69, 9.17) is 14.2 Å². The maximum absolute atomic E-state index is 13.0. The van der Waals surface area contributed by atoms with Gasteiger partial charge in [0.25, 0.3) is 0 Å². The van der Waals surface area contributed by atoms with Gasteiger partial charge in [-0.15, -0.1) is 0 Å². The minimum Gasteiger partial charge on any atom is -0.493 e. The highest BCUT2D eigenvalue weighted by Crippen LogP contribution is 2.35. The minimum atomic E-state index is -0.410. The van der Waals surface area contributed by atoms with E-state index in [1.165, 1.54) is 12.5 Å². The van der Waals surface area contributed by atoms with Crippen molar-refractivity contribution < 1.29 is 23.8 Å². The third kappa shape index (κ3) is 4.65. The van der Waals surface area contributed by atoms with Gasteiger partial charge in [0.1, 0.15) is 24.2 Å². The number of benzene rings is 2. The molecule has 33 heavy (non-hydrogen) atoms. The van der Waals surface area contributed by atoms with E-state index in [-0.39, 0.29) is 29.7 Å². The summed E-state index contributed by atoms with van der Waals surface area (Å²) in [6, 6.07) is 21.0. The number of rotatable bonds is 5. The van der Waals surface area contributed by atoms with Crippen LogP contribution >= 0.6 is 0 Å². The largest absolute Gasteiger partial charge is 0.493 e. The van der Waals surface area contributed by atoms with Crippen LogP contribution in [0.3, 0.4) is 0 Å². The molecule has 1 aromatic heterocycles. The Morgan fingerprint density at radius 2 is 1.73 bits per heavy atom. The number of allylic oxidation sites excluding steroid dienone is 1. The predicted molar refractivity (Wildman–Crippen MR) is 121 cm³/mol. The second kappa shape index (κ2) is 9.28. The van der Waals surface area contributed by atoms with Crippen molar-refractivity contribution in [1.82, 2.24) is 4.98 Å². The number of esters is 1. The fourth-order valence-electron chi connectivity index (χ4n) is 4.29. The Kier molecular flexibility index (Phi) is 5.89. The molecule has 2 aromatic carbocycles. The zero-order valence-corrected chi connectivity index (χ0v) is 17.9. The van der Waals surface area contributed by atoms with Gasteiger partial charge in [-0.1, -0.05) is 42.5 Å². The van der Waals surface area contributed by atoms with Gasteiger partial charge in [0.15, 0.2) is 0 Å². The molecular formula is C27H23NO5. The average Bonchev–Trinajstić information content (AvgIpc) is 2.87. The lowest BCUT2D eigenvalue weighted by atomic mass is 9.80. The van der Waals surface area contributed by atoms with Crippen LogP contribution in [0.25, 0.3) is 11.1 Å². The highest BCUT2D eigenvalue weighted by molar-refractivity contribution is 5.96. The van der Waals surface area contributed by atoms with Gasteiger partial charge in [-0.05, 0) is 48.2 Å². The molecule has 0 radical (unpaired) electrons. The molecule has 5 rings (SSSR count). The summed E-state index contributed by atoms with van der Waals surface area (Å²) in [5.41, 5.74) is 2.60. The molecule has 3 aromatic rings. The van der Waals surface area contributed by atoms with E-state index in [1.807, 2.05) is 54.6 Å². The maximum Gasteiger partial charge on any atom is 0.339 e. The van der Waals surface area contributed by atoms with Crippen LogP contribution in [0.4, 0.5) is 0 Å². The van der Waals surface area contributed by atoms with E-state index < -0.39 is 5.97 Å². The molecule has 1 aliphatic carbocycles. The summed E-state index contributed by atoms with van der Waals surface area (Å²) in [5.74, 6) is -0.00510. The lowest BCUT2D eigenvalue weighted by Gasteiger charge is -2.36. The van der Waals surface area contributed by atoms with Gasteiger partial charge in [-0.25, -0.2) is 4.79 Å². The topological polar surface area (TPSA) is 74.7 Å². The van der Waals surface area contributed by atoms with Crippen LogP contribution in [-0.4, -0.2) is 28.9 Å². The van der Waals surface area contributed by atoms with E-state index in [1.54, 1.807) is 18.3 Å². The van der Waals surface area contributed by atoms with Crippen LogP contribution in [-0.2, 0) is 14.3 Å². The Labute approximate surface area is 191 Å². The normalized spacial score (nSPS) is 21.9. The SMILES string of the molecule is O=C(OC1CCC2C(=O)C(Oc3ccc(-c4ccccc4)cc3)=COC2C1)c1cccnc1. The number of Topliss-reactive ketones (excluding diaryl/α,β-unsaturated/α-hetero) is 1. The molecule has 3 unspecified atom stereocenters. The van der Waals surface area contributed by atoms with Crippen molar-refractivity contribution in [2.45, 2.75) is 31.5 Å². The first-order valence-electron chi connectivity index (χ1n) is 11.0. The van der Waals surface area contributed by atoms with Crippen LogP contribution in [0.5, 0.6) is 5.75 Å². The standard InChI is InChI=1S/C27H23NO5/c29-26-23-13-12-22(33-27(30)20-7-4-14-28-16-20)15-24(23)31-17-25(26)32-21-10-8-19(9-11-21)18-5-2-1-3-6-18/h1-11,14,16-17,22-24H,12-13,15H2. The molecule has 0 spiro atoms. The number of carbonyl (C=O) groups excluding carboxylic acids is 2. The third-order valence-corrected chi connectivity index (χ3v) is 6.03. The summed E-state index contributed by atoms with van der Waals surface area (Å²) in [6.45, 7) is 0. The second-order valence-corrected chi connectivity index (χ2v) is 8.20. The zero-order chi connectivity index (χ0) is 22.6. The first kappa shape index (κ1) is 20.9.